The van der Waals surface area contributed by atoms with Gasteiger partial charge < -0.3 is 15.5 Å². The van der Waals surface area contributed by atoms with Crippen molar-refractivity contribution in [3.05, 3.63) is 17.3 Å². The lowest BCUT2D eigenvalue weighted by Crippen LogP contribution is -2.56. The van der Waals surface area contributed by atoms with Gasteiger partial charge in [0.1, 0.15) is 5.82 Å². The standard InChI is InChI=1S/C12H19ClN4/c1-8-6-16(3)7-9(2)17(8)12-4-11(14)10(13)5-15-12/h4-5,8-9H,6-7H2,1-3H3,(H2,14,15)/t8-,9-/m0/s1. The van der Waals surface area contributed by atoms with Crippen LogP contribution in [-0.2, 0) is 0 Å². The van der Waals surface area contributed by atoms with Crippen LogP contribution < -0.4 is 10.6 Å². The normalized spacial score (nSPS) is 26.2. The summed E-state index contributed by atoms with van der Waals surface area (Å²) in [5, 5.41) is 0.517. The van der Waals surface area contributed by atoms with E-state index in [2.05, 4.69) is 35.7 Å². The average molecular weight is 255 g/mol. The zero-order chi connectivity index (χ0) is 12.6. The van der Waals surface area contributed by atoms with Crippen LogP contribution in [0, 0.1) is 0 Å². The van der Waals surface area contributed by atoms with Gasteiger partial charge in [-0.2, -0.15) is 0 Å². The molecule has 1 aromatic heterocycles. The third-order valence-electron chi connectivity index (χ3n) is 3.24. The van der Waals surface area contributed by atoms with Gasteiger partial charge in [0.2, 0.25) is 0 Å². The van der Waals surface area contributed by atoms with Gasteiger partial charge in [-0.3, -0.25) is 0 Å². The Bertz CT molecular complexity index is 397. The molecule has 5 heteroatoms. The summed E-state index contributed by atoms with van der Waals surface area (Å²) in [4.78, 5) is 9.03. The second kappa shape index (κ2) is 4.70. The molecule has 0 aromatic carbocycles. The van der Waals surface area contributed by atoms with E-state index in [4.69, 9.17) is 17.3 Å². The third-order valence-corrected chi connectivity index (χ3v) is 3.55. The van der Waals surface area contributed by atoms with Gasteiger partial charge in [0.05, 0.1) is 10.7 Å². The first-order valence-corrected chi connectivity index (χ1v) is 6.24. The molecule has 94 valence electrons. The van der Waals surface area contributed by atoms with Crippen molar-refractivity contribution in [2.45, 2.75) is 25.9 Å². The van der Waals surface area contributed by atoms with Crippen LogP contribution >= 0.6 is 11.6 Å². The summed E-state index contributed by atoms with van der Waals surface area (Å²) >= 11 is 5.90. The topological polar surface area (TPSA) is 45.4 Å². The molecule has 0 aliphatic carbocycles. The van der Waals surface area contributed by atoms with Crippen LogP contribution in [0.2, 0.25) is 5.02 Å². The summed E-state index contributed by atoms with van der Waals surface area (Å²) in [7, 11) is 2.15. The summed E-state index contributed by atoms with van der Waals surface area (Å²) in [5.41, 5.74) is 6.43. The van der Waals surface area contributed by atoms with Gasteiger partial charge in [0, 0.05) is 37.4 Å². The molecule has 0 saturated carbocycles. The number of pyridine rings is 1. The fraction of sp³-hybridized carbons (Fsp3) is 0.583. The zero-order valence-electron chi connectivity index (χ0n) is 10.5. The van der Waals surface area contributed by atoms with E-state index < -0.39 is 0 Å². The molecule has 2 atom stereocenters. The molecule has 0 radical (unpaired) electrons. The molecule has 0 unspecified atom stereocenters. The lowest BCUT2D eigenvalue weighted by atomic mass is 10.1. The first-order valence-electron chi connectivity index (χ1n) is 5.87. The molecule has 1 fully saturated rings. The van der Waals surface area contributed by atoms with Crippen molar-refractivity contribution in [2.75, 3.05) is 30.8 Å². The van der Waals surface area contributed by atoms with Gasteiger partial charge >= 0.3 is 0 Å². The highest BCUT2D eigenvalue weighted by molar-refractivity contribution is 6.32. The molecule has 2 N–H and O–H groups in total. The Morgan fingerprint density at radius 3 is 2.47 bits per heavy atom. The Hall–Kier alpha value is -1.00. The Balaban J connectivity index is 2.28. The highest BCUT2D eigenvalue weighted by Gasteiger charge is 2.28. The lowest BCUT2D eigenvalue weighted by Gasteiger charge is -2.44. The van der Waals surface area contributed by atoms with Crippen molar-refractivity contribution < 1.29 is 0 Å². The number of piperazine rings is 1. The Morgan fingerprint density at radius 2 is 1.94 bits per heavy atom. The number of nitrogens with zero attached hydrogens (tertiary/aromatic N) is 3. The summed E-state index contributed by atoms with van der Waals surface area (Å²) < 4.78 is 0. The molecule has 4 nitrogen and oxygen atoms in total. The van der Waals surface area contributed by atoms with E-state index in [-0.39, 0.29) is 0 Å². The van der Waals surface area contributed by atoms with Gasteiger partial charge in [0.15, 0.2) is 0 Å². The van der Waals surface area contributed by atoms with Crippen LogP contribution in [0.4, 0.5) is 11.5 Å². The Morgan fingerprint density at radius 1 is 1.35 bits per heavy atom. The Labute approximate surface area is 107 Å². The SMILES string of the molecule is C[C@H]1CN(C)C[C@H](C)N1c1cc(N)c(Cl)cn1. The van der Waals surface area contributed by atoms with Gasteiger partial charge in [0.25, 0.3) is 0 Å². The average Bonchev–Trinajstić information content (AvgIpc) is 2.21. The number of likely N-dealkylation sites (N-methyl/N-ethyl adjacent to an activating group) is 1. The number of hydrogen-bond donors (Lipinski definition) is 1. The van der Waals surface area contributed by atoms with Crippen molar-refractivity contribution in [1.29, 1.82) is 0 Å². The third kappa shape index (κ3) is 2.48. The fourth-order valence-corrected chi connectivity index (χ4v) is 2.73. The minimum atomic E-state index is 0.428. The second-order valence-electron chi connectivity index (χ2n) is 4.89. The van der Waals surface area contributed by atoms with E-state index in [9.17, 15) is 0 Å². The largest absolute Gasteiger partial charge is 0.397 e. The maximum atomic E-state index is 5.90. The lowest BCUT2D eigenvalue weighted by molar-refractivity contribution is 0.239. The molecule has 0 amide bonds. The molecule has 2 rings (SSSR count). The number of rotatable bonds is 1. The maximum Gasteiger partial charge on any atom is 0.131 e. The molecule has 1 aromatic rings. The summed E-state index contributed by atoms with van der Waals surface area (Å²) in [6, 6.07) is 2.72. The van der Waals surface area contributed by atoms with Gasteiger partial charge in [-0.1, -0.05) is 11.6 Å². The molecule has 1 aliphatic rings. The molecule has 1 saturated heterocycles. The smallest absolute Gasteiger partial charge is 0.131 e. The van der Waals surface area contributed by atoms with Crippen LogP contribution in [0.15, 0.2) is 12.3 Å². The number of anilines is 2. The van der Waals surface area contributed by atoms with Crippen molar-refractivity contribution >= 4 is 23.1 Å². The highest BCUT2D eigenvalue weighted by atomic mass is 35.5. The molecular formula is C12H19ClN4. The monoisotopic (exact) mass is 254 g/mol. The first kappa shape index (κ1) is 12.5. The zero-order valence-corrected chi connectivity index (χ0v) is 11.3. The number of hydrogen-bond acceptors (Lipinski definition) is 4. The molecule has 0 bridgehead atoms. The highest BCUT2D eigenvalue weighted by Crippen LogP contribution is 2.27. The van der Waals surface area contributed by atoms with Crippen LogP contribution in [0.3, 0.4) is 0 Å². The quantitative estimate of drug-likeness (QED) is 0.831. The van der Waals surface area contributed by atoms with E-state index in [1.807, 2.05) is 6.07 Å². The molecular weight excluding hydrogens is 236 g/mol. The van der Waals surface area contributed by atoms with Crippen molar-refractivity contribution in [3.8, 4) is 0 Å². The maximum absolute atomic E-state index is 5.90. The predicted molar refractivity (Wildman–Crippen MR) is 72.6 cm³/mol. The molecule has 17 heavy (non-hydrogen) atoms. The van der Waals surface area contributed by atoms with E-state index in [0.717, 1.165) is 18.9 Å². The molecule has 1 aliphatic heterocycles. The van der Waals surface area contributed by atoms with Gasteiger partial charge in [-0.25, -0.2) is 4.98 Å². The van der Waals surface area contributed by atoms with E-state index in [0.29, 0.717) is 22.8 Å². The second-order valence-corrected chi connectivity index (χ2v) is 5.30. The predicted octanol–water partition coefficient (Wildman–Crippen LogP) is 1.85. The Kier molecular flexibility index (Phi) is 3.45. The van der Waals surface area contributed by atoms with Gasteiger partial charge in [-0.15, -0.1) is 0 Å². The van der Waals surface area contributed by atoms with E-state index >= 15 is 0 Å². The fourth-order valence-electron chi connectivity index (χ4n) is 2.62. The minimum Gasteiger partial charge on any atom is -0.397 e. The van der Waals surface area contributed by atoms with E-state index in [1.54, 1.807) is 6.20 Å². The number of nitrogens with two attached hydrogens (primary N) is 1. The van der Waals surface area contributed by atoms with E-state index in [1.165, 1.54) is 0 Å². The summed E-state index contributed by atoms with van der Waals surface area (Å²) in [6.07, 6.45) is 1.63. The minimum absolute atomic E-state index is 0.428. The van der Waals surface area contributed by atoms with Gasteiger partial charge in [-0.05, 0) is 20.9 Å². The van der Waals surface area contributed by atoms with Crippen LogP contribution in [-0.4, -0.2) is 42.1 Å². The number of aromatic nitrogens is 1. The number of nitrogen functional groups attached to an aromatic ring is 1. The summed E-state index contributed by atoms with van der Waals surface area (Å²) in [6.45, 7) is 6.49. The first-order chi connectivity index (χ1) is 7.99. The number of halogens is 1. The molecule has 0 spiro atoms. The van der Waals surface area contributed by atoms with Crippen molar-refractivity contribution in [3.63, 3.8) is 0 Å². The van der Waals surface area contributed by atoms with Crippen LogP contribution in [0.25, 0.3) is 0 Å². The van der Waals surface area contributed by atoms with Crippen LogP contribution in [0.1, 0.15) is 13.8 Å². The summed E-state index contributed by atoms with van der Waals surface area (Å²) in [5.74, 6) is 0.917. The van der Waals surface area contributed by atoms with Crippen molar-refractivity contribution in [2.24, 2.45) is 0 Å². The van der Waals surface area contributed by atoms with Crippen LogP contribution in [0.5, 0.6) is 0 Å². The van der Waals surface area contributed by atoms with Crippen molar-refractivity contribution in [1.82, 2.24) is 9.88 Å². The molecule has 2 heterocycles.